The molecule has 1 aliphatic heterocycles. The topological polar surface area (TPSA) is 61.0 Å². The van der Waals surface area contributed by atoms with E-state index in [0.717, 1.165) is 36.1 Å². The summed E-state index contributed by atoms with van der Waals surface area (Å²) in [6, 6.07) is 1.86. The Morgan fingerprint density at radius 1 is 1.53 bits per heavy atom. The lowest BCUT2D eigenvalue weighted by Crippen LogP contribution is -2.19. The number of hydrogen-bond acceptors (Lipinski definition) is 5. The summed E-state index contributed by atoms with van der Waals surface area (Å²) in [5.41, 5.74) is 6.84. The van der Waals surface area contributed by atoms with Crippen molar-refractivity contribution >= 4 is 17.6 Å². The van der Waals surface area contributed by atoms with Gasteiger partial charge in [-0.1, -0.05) is 13.8 Å². The zero-order chi connectivity index (χ0) is 12.3. The predicted octanol–water partition coefficient (Wildman–Crippen LogP) is 2.06. The van der Waals surface area contributed by atoms with Crippen molar-refractivity contribution in [3.8, 4) is 0 Å². The average molecular weight is 253 g/mol. The van der Waals surface area contributed by atoms with Crippen molar-refractivity contribution in [2.75, 3.05) is 23.8 Å². The van der Waals surface area contributed by atoms with E-state index < -0.39 is 0 Å². The molecule has 0 amide bonds. The summed E-state index contributed by atoms with van der Waals surface area (Å²) in [4.78, 5) is 8.86. The van der Waals surface area contributed by atoms with Crippen molar-refractivity contribution in [2.45, 2.75) is 26.4 Å². The highest BCUT2D eigenvalue weighted by Gasteiger charge is 2.20. The number of nitrogens with zero attached hydrogens (tertiary/aromatic N) is 2. The van der Waals surface area contributed by atoms with Crippen molar-refractivity contribution in [2.24, 2.45) is 5.92 Å². The second kappa shape index (κ2) is 5.69. The molecule has 1 atom stereocenters. The van der Waals surface area contributed by atoms with Gasteiger partial charge in [0.25, 0.3) is 0 Å². The van der Waals surface area contributed by atoms with E-state index in [1.54, 1.807) is 0 Å². The van der Waals surface area contributed by atoms with E-state index in [1.807, 2.05) is 17.8 Å². The van der Waals surface area contributed by atoms with Crippen LogP contribution < -0.4 is 5.73 Å². The number of thioether (sulfide) groups is 1. The monoisotopic (exact) mass is 253 g/mol. The van der Waals surface area contributed by atoms with Crippen molar-refractivity contribution in [1.82, 2.24) is 9.97 Å². The van der Waals surface area contributed by atoms with E-state index in [2.05, 4.69) is 23.8 Å². The van der Waals surface area contributed by atoms with Crippen LogP contribution in [0.1, 0.15) is 31.5 Å². The molecule has 1 aliphatic rings. The molecule has 5 heteroatoms. The molecule has 0 spiro atoms. The normalized spacial score (nSPS) is 20.8. The quantitative estimate of drug-likeness (QED) is 0.893. The minimum Gasteiger partial charge on any atom is -0.384 e. The van der Waals surface area contributed by atoms with Crippen LogP contribution in [0.25, 0.3) is 0 Å². The summed E-state index contributed by atoms with van der Waals surface area (Å²) >= 11 is 1.88. The lowest BCUT2D eigenvalue weighted by Gasteiger charge is -2.21. The molecule has 0 saturated carbocycles. The zero-order valence-electron chi connectivity index (χ0n) is 10.3. The van der Waals surface area contributed by atoms with Gasteiger partial charge in [-0.15, -0.1) is 0 Å². The Morgan fingerprint density at radius 3 is 3.00 bits per heavy atom. The molecule has 0 aliphatic carbocycles. The minimum absolute atomic E-state index is 0.00293. The van der Waals surface area contributed by atoms with Crippen molar-refractivity contribution in [3.63, 3.8) is 0 Å². The Labute approximate surface area is 106 Å². The largest absolute Gasteiger partial charge is 0.384 e. The van der Waals surface area contributed by atoms with Crippen LogP contribution in [0.4, 0.5) is 5.82 Å². The summed E-state index contributed by atoms with van der Waals surface area (Å²) < 4.78 is 5.68. The van der Waals surface area contributed by atoms with Gasteiger partial charge in [-0.25, -0.2) is 9.97 Å². The third kappa shape index (κ3) is 3.57. The third-order valence-corrected chi connectivity index (χ3v) is 3.53. The van der Waals surface area contributed by atoms with Gasteiger partial charge in [0.15, 0.2) is 5.82 Å². The van der Waals surface area contributed by atoms with E-state index in [-0.39, 0.29) is 6.10 Å². The fourth-order valence-electron chi connectivity index (χ4n) is 1.84. The summed E-state index contributed by atoms with van der Waals surface area (Å²) in [5, 5.41) is 0. The number of nitrogen functional groups attached to an aromatic ring is 1. The Balaban J connectivity index is 2.18. The molecule has 1 unspecified atom stereocenters. The molecule has 4 nitrogen and oxygen atoms in total. The zero-order valence-corrected chi connectivity index (χ0v) is 11.2. The van der Waals surface area contributed by atoms with Gasteiger partial charge in [0.1, 0.15) is 11.9 Å². The Morgan fingerprint density at radius 2 is 2.35 bits per heavy atom. The van der Waals surface area contributed by atoms with Gasteiger partial charge in [-0.05, 0) is 12.3 Å². The first-order valence-corrected chi connectivity index (χ1v) is 7.13. The molecule has 1 fully saturated rings. The average Bonchev–Trinajstić information content (AvgIpc) is 2.28. The number of hydrogen-bond donors (Lipinski definition) is 1. The van der Waals surface area contributed by atoms with Gasteiger partial charge in [-0.3, -0.25) is 0 Å². The Kier molecular flexibility index (Phi) is 4.23. The molecule has 1 saturated heterocycles. The fraction of sp³-hybridized carbons (Fsp3) is 0.667. The van der Waals surface area contributed by atoms with Crippen molar-refractivity contribution in [1.29, 1.82) is 0 Å². The molecule has 17 heavy (non-hydrogen) atoms. The van der Waals surface area contributed by atoms with Crippen molar-refractivity contribution < 1.29 is 4.74 Å². The number of aromatic nitrogens is 2. The van der Waals surface area contributed by atoms with Gasteiger partial charge in [0, 0.05) is 23.3 Å². The molecule has 1 aromatic rings. The molecule has 2 rings (SSSR count). The molecule has 0 bridgehead atoms. The van der Waals surface area contributed by atoms with E-state index in [0.29, 0.717) is 11.7 Å². The van der Waals surface area contributed by atoms with Crippen LogP contribution in [0, 0.1) is 5.92 Å². The van der Waals surface area contributed by atoms with Crippen molar-refractivity contribution in [3.05, 3.63) is 17.6 Å². The van der Waals surface area contributed by atoms with E-state index >= 15 is 0 Å². The van der Waals surface area contributed by atoms with Crippen LogP contribution in [0.5, 0.6) is 0 Å². The van der Waals surface area contributed by atoms with E-state index in [4.69, 9.17) is 10.5 Å². The molecule has 1 aromatic heterocycles. The van der Waals surface area contributed by atoms with Crippen LogP contribution in [0.15, 0.2) is 6.07 Å². The van der Waals surface area contributed by atoms with E-state index in [1.165, 1.54) is 0 Å². The van der Waals surface area contributed by atoms with Gasteiger partial charge < -0.3 is 10.5 Å². The van der Waals surface area contributed by atoms with Crippen LogP contribution in [-0.2, 0) is 11.2 Å². The summed E-state index contributed by atoms with van der Waals surface area (Å²) in [5.74, 6) is 3.83. The Hall–Kier alpha value is -0.810. The van der Waals surface area contributed by atoms with Gasteiger partial charge in [0.2, 0.25) is 0 Å². The van der Waals surface area contributed by atoms with E-state index in [9.17, 15) is 0 Å². The number of nitrogens with two attached hydrogens (primary N) is 1. The predicted molar refractivity (Wildman–Crippen MR) is 71.0 cm³/mol. The minimum atomic E-state index is 0.00293. The number of anilines is 1. The summed E-state index contributed by atoms with van der Waals surface area (Å²) in [7, 11) is 0. The van der Waals surface area contributed by atoms with Crippen LogP contribution in [0.2, 0.25) is 0 Å². The first-order valence-electron chi connectivity index (χ1n) is 5.98. The fourth-order valence-corrected chi connectivity index (χ4v) is 2.68. The van der Waals surface area contributed by atoms with Gasteiger partial charge in [0.05, 0.1) is 6.61 Å². The molecular weight excluding hydrogens is 234 g/mol. The lowest BCUT2D eigenvalue weighted by molar-refractivity contribution is 0.0693. The second-order valence-corrected chi connectivity index (χ2v) is 5.82. The Bertz CT molecular complexity index is 378. The maximum absolute atomic E-state index is 5.83. The van der Waals surface area contributed by atoms with Crippen LogP contribution in [0.3, 0.4) is 0 Å². The molecule has 2 heterocycles. The standard InChI is InChI=1S/C12H19N3OS/c1-8(2)5-9-6-11(13)15-12(14-9)10-7-17-4-3-16-10/h6,8,10H,3-5,7H2,1-2H3,(H2,13,14,15). The highest BCUT2D eigenvalue weighted by atomic mass is 32.2. The number of ether oxygens (including phenoxy) is 1. The smallest absolute Gasteiger partial charge is 0.160 e. The highest BCUT2D eigenvalue weighted by molar-refractivity contribution is 7.99. The molecule has 0 aromatic carbocycles. The SMILES string of the molecule is CC(C)Cc1cc(N)nc(C2CSCCO2)n1. The van der Waals surface area contributed by atoms with Gasteiger partial charge in [-0.2, -0.15) is 11.8 Å². The number of rotatable bonds is 3. The molecule has 2 N–H and O–H groups in total. The second-order valence-electron chi connectivity index (χ2n) is 4.67. The maximum atomic E-state index is 5.83. The van der Waals surface area contributed by atoms with Gasteiger partial charge >= 0.3 is 0 Å². The lowest BCUT2D eigenvalue weighted by atomic mass is 10.1. The first kappa shape index (κ1) is 12.6. The highest BCUT2D eigenvalue weighted by Crippen LogP contribution is 2.25. The third-order valence-electron chi connectivity index (χ3n) is 2.54. The summed E-state index contributed by atoms with van der Waals surface area (Å²) in [6.07, 6.45) is 0.933. The first-order chi connectivity index (χ1) is 8.15. The van der Waals surface area contributed by atoms with Crippen LogP contribution in [-0.4, -0.2) is 28.1 Å². The maximum Gasteiger partial charge on any atom is 0.160 e. The van der Waals surface area contributed by atoms with Crippen LogP contribution >= 0.6 is 11.8 Å². The summed E-state index contributed by atoms with van der Waals surface area (Å²) in [6.45, 7) is 5.11. The molecule has 94 valence electrons. The molecule has 0 radical (unpaired) electrons. The molecular formula is C12H19N3OS.